The van der Waals surface area contributed by atoms with E-state index in [0.717, 1.165) is 45.1 Å². The molecule has 0 bridgehead atoms. The second kappa shape index (κ2) is 5.91. The summed E-state index contributed by atoms with van der Waals surface area (Å²) in [5.74, 6) is 1.37. The normalized spacial score (nSPS) is 26.9. The molecule has 2 aliphatic heterocycles. The molecule has 6 nitrogen and oxygen atoms in total. The van der Waals surface area contributed by atoms with Crippen LogP contribution in [0.5, 0.6) is 0 Å². The number of hydrogen-bond acceptors (Lipinski definition) is 5. The van der Waals surface area contributed by atoms with Crippen LogP contribution < -0.4 is 0 Å². The Morgan fingerprint density at radius 2 is 2.25 bits per heavy atom. The molecule has 0 unspecified atom stereocenters. The fraction of sp³-hybridized carbons (Fsp3) is 0.786. The molecule has 2 fully saturated rings. The Kier molecular flexibility index (Phi) is 4.00. The first-order valence-electron chi connectivity index (χ1n) is 7.54. The lowest BCUT2D eigenvalue weighted by Crippen LogP contribution is -2.44. The monoisotopic (exact) mass is 279 g/mol. The molecule has 3 heterocycles. The van der Waals surface area contributed by atoms with Gasteiger partial charge in [-0.15, -0.1) is 0 Å². The summed E-state index contributed by atoms with van der Waals surface area (Å²) < 4.78 is 10.9. The molecule has 2 aliphatic rings. The number of aryl methyl sites for hydroxylation is 1. The summed E-state index contributed by atoms with van der Waals surface area (Å²) in [5, 5.41) is 3.95. The smallest absolute Gasteiger partial charge is 0.252 e. The van der Waals surface area contributed by atoms with Crippen molar-refractivity contribution >= 4 is 5.91 Å². The minimum atomic E-state index is -0.274. The van der Waals surface area contributed by atoms with Crippen LogP contribution in [-0.4, -0.2) is 40.2 Å². The van der Waals surface area contributed by atoms with E-state index in [0.29, 0.717) is 18.3 Å². The molecule has 0 aliphatic carbocycles. The van der Waals surface area contributed by atoms with Gasteiger partial charge in [0.15, 0.2) is 5.82 Å². The van der Waals surface area contributed by atoms with Crippen LogP contribution in [-0.2, 0) is 16.0 Å². The first-order valence-corrected chi connectivity index (χ1v) is 7.54. The third-order valence-electron chi connectivity index (χ3n) is 4.08. The molecule has 0 radical (unpaired) electrons. The minimum absolute atomic E-state index is 0.0757. The van der Waals surface area contributed by atoms with Gasteiger partial charge in [-0.2, -0.15) is 4.98 Å². The first kappa shape index (κ1) is 13.5. The molecule has 2 atom stereocenters. The second-order valence-corrected chi connectivity index (χ2v) is 5.45. The summed E-state index contributed by atoms with van der Waals surface area (Å²) >= 11 is 0. The molecule has 1 aromatic heterocycles. The number of piperidine rings is 1. The fourth-order valence-electron chi connectivity index (χ4n) is 2.96. The third kappa shape index (κ3) is 2.57. The van der Waals surface area contributed by atoms with Crippen LogP contribution in [0.3, 0.4) is 0 Å². The Morgan fingerprint density at radius 3 is 2.95 bits per heavy atom. The lowest BCUT2D eigenvalue weighted by atomic mass is 10.0. The number of rotatable bonds is 3. The number of carbonyl (C=O) groups is 1. The van der Waals surface area contributed by atoms with Gasteiger partial charge in [0.1, 0.15) is 12.1 Å². The zero-order valence-corrected chi connectivity index (χ0v) is 11.9. The van der Waals surface area contributed by atoms with Gasteiger partial charge in [0, 0.05) is 19.6 Å². The number of aromatic nitrogens is 2. The summed E-state index contributed by atoms with van der Waals surface area (Å²) in [5.41, 5.74) is 0. The van der Waals surface area contributed by atoms with Gasteiger partial charge in [0.25, 0.3) is 5.91 Å². The van der Waals surface area contributed by atoms with Crippen LogP contribution in [0, 0.1) is 0 Å². The van der Waals surface area contributed by atoms with Crippen molar-refractivity contribution in [3.05, 3.63) is 11.7 Å². The van der Waals surface area contributed by atoms with E-state index in [9.17, 15) is 4.79 Å². The number of carbonyl (C=O) groups excluding carboxylic acids is 1. The average Bonchev–Trinajstić information content (AvgIpc) is 3.17. The first-order chi connectivity index (χ1) is 9.79. The maximum absolute atomic E-state index is 12.6. The highest BCUT2D eigenvalue weighted by Crippen LogP contribution is 2.31. The molecule has 3 rings (SSSR count). The molecule has 20 heavy (non-hydrogen) atoms. The van der Waals surface area contributed by atoms with Crippen molar-refractivity contribution in [2.75, 3.05) is 13.2 Å². The van der Waals surface area contributed by atoms with E-state index in [1.807, 2.05) is 11.8 Å². The lowest BCUT2D eigenvalue weighted by Gasteiger charge is -2.34. The quantitative estimate of drug-likeness (QED) is 0.844. The summed E-state index contributed by atoms with van der Waals surface area (Å²) in [6, 6.07) is -0.0757. The zero-order valence-electron chi connectivity index (χ0n) is 11.9. The molecule has 1 amide bonds. The van der Waals surface area contributed by atoms with E-state index in [1.165, 1.54) is 0 Å². The van der Waals surface area contributed by atoms with Crippen LogP contribution in [0.15, 0.2) is 4.52 Å². The van der Waals surface area contributed by atoms with E-state index in [-0.39, 0.29) is 18.1 Å². The second-order valence-electron chi connectivity index (χ2n) is 5.45. The lowest BCUT2D eigenvalue weighted by molar-refractivity contribution is -0.145. The molecular formula is C14H21N3O3. The van der Waals surface area contributed by atoms with Crippen molar-refractivity contribution in [3.63, 3.8) is 0 Å². The maximum atomic E-state index is 12.6. The Balaban J connectivity index is 1.77. The summed E-state index contributed by atoms with van der Waals surface area (Å²) in [4.78, 5) is 18.9. The molecule has 0 N–H and O–H groups in total. The number of likely N-dealkylation sites (tertiary alicyclic amines) is 1. The van der Waals surface area contributed by atoms with Crippen LogP contribution in [0.4, 0.5) is 0 Å². The number of ether oxygens (including phenoxy) is 1. The summed E-state index contributed by atoms with van der Waals surface area (Å²) in [6.45, 7) is 3.44. The van der Waals surface area contributed by atoms with E-state index in [4.69, 9.17) is 9.26 Å². The zero-order chi connectivity index (χ0) is 13.9. The highest BCUT2D eigenvalue weighted by atomic mass is 16.5. The van der Waals surface area contributed by atoms with Crippen LogP contribution in [0.25, 0.3) is 0 Å². The van der Waals surface area contributed by atoms with Crippen molar-refractivity contribution in [2.24, 2.45) is 0 Å². The van der Waals surface area contributed by atoms with Crippen molar-refractivity contribution in [2.45, 2.75) is 57.6 Å². The predicted octanol–water partition coefficient (Wildman–Crippen LogP) is 1.86. The maximum Gasteiger partial charge on any atom is 0.252 e. The number of nitrogens with zero attached hydrogens (tertiary/aromatic N) is 3. The molecule has 0 spiro atoms. The van der Waals surface area contributed by atoms with Gasteiger partial charge in [-0.3, -0.25) is 4.79 Å². The highest BCUT2D eigenvalue weighted by Gasteiger charge is 2.36. The minimum Gasteiger partial charge on any atom is -0.368 e. The van der Waals surface area contributed by atoms with Crippen molar-refractivity contribution < 1.29 is 14.1 Å². The Morgan fingerprint density at radius 1 is 1.35 bits per heavy atom. The van der Waals surface area contributed by atoms with Gasteiger partial charge in [0.05, 0.1) is 0 Å². The van der Waals surface area contributed by atoms with Crippen LogP contribution in [0.1, 0.15) is 56.8 Å². The van der Waals surface area contributed by atoms with Gasteiger partial charge in [-0.25, -0.2) is 0 Å². The molecule has 1 aromatic rings. The fourth-order valence-corrected chi connectivity index (χ4v) is 2.96. The Labute approximate surface area is 118 Å². The molecule has 0 saturated carbocycles. The SMILES string of the molecule is CCc1noc([C@H]2CCCCN2C(=O)[C@@H]2CCCO2)n1. The molecule has 2 saturated heterocycles. The Hall–Kier alpha value is -1.43. The number of amides is 1. The predicted molar refractivity (Wildman–Crippen MR) is 71.0 cm³/mol. The molecular weight excluding hydrogens is 258 g/mol. The topological polar surface area (TPSA) is 68.5 Å². The van der Waals surface area contributed by atoms with Crippen molar-refractivity contribution in [1.82, 2.24) is 15.0 Å². The largest absolute Gasteiger partial charge is 0.368 e. The van der Waals surface area contributed by atoms with Crippen LogP contribution in [0.2, 0.25) is 0 Å². The van der Waals surface area contributed by atoms with Gasteiger partial charge >= 0.3 is 0 Å². The van der Waals surface area contributed by atoms with Crippen LogP contribution >= 0.6 is 0 Å². The van der Waals surface area contributed by atoms with Gasteiger partial charge < -0.3 is 14.2 Å². The Bertz CT molecular complexity index is 468. The third-order valence-corrected chi connectivity index (χ3v) is 4.08. The van der Waals surface area contributed by atoms with Gasteiger partial charge in [0.2, 0.25) is 5.89 Å². The van der Waals surface area contributed by atoms with E-state index in [2.05, 4.69) is 10.1 Å². The van der Waals surface area contributed by atoms with Crippen molar-refractivity contribution in [1.29, 1.82) is 0 Å². The molecule has 110 valence electrons. The summed E-state index contributed by atoms with van der Waals surface area (Å²) in [7, 11) is 0. The van der Waals surface area contributed by atoms with Crippen molar-refractivity contribution in [3.8, 4) is 0 Å². The van der Waals surface area contributed by atoms with Gasteiger partial charge in [-0.05, 0) is 32.1 Å². The molecule has 0 aromatic carbocycles. The standard InChI is InChI=1S/C14H21N3O3/c1-2-12-15-13(20-16-12)10-6-3-4-8-17(10)14(18)11-7-5-9-19-11/h10-11H,2-9H2,1H3/t10-,11+/m1/s1. The van der Waals surface area contributed by atoms with E-state index in [1.54, 1.807) is 0 Å². The highest BCUT2D eigenvalue weighted by molar-refractivity contribution is 5.81. The number of hydrogen-bond donors (Lipinski definition) is 0. The van der Waals surface area contributed by atoms with E-state index >= 15 is 0 Å². The summed E-state index contributed by atoms with van der Waals surface area (Å²) in [6.07, 6.45) is 5.28. The van der Waals surface area contributed by atoms with E-state index < -0.39 is 0 Å². The average molecular weight is 279 g/mol. The molecule has 6 heteroatoms. The van der Waals surface area contributed by atoms with Gasteiger partial charge in [-0.1, -0.05) is 12.1 Å².